The van der Waals surface area contributed by atoms with E-state index in [1.54, 1.807) is 6.07 Å². The molecule has 114 valence electrons. The smallest absolute Gasteiger partial charge is 0.317 e. The lowest BCUT2D eigenvalue weighted by Crippen LogP contribution is -2.56. The molecular weight excluding hydrogens is 320 g/mol. The molecule has 0 bridgehead atoms. The Balaban J connectivity index is 0.00000161. The second-order valence-electron chi connectivity index (χ2n) is 4.97. The molecular formula is C13H14Cl2FN3O2. The van der Waals surface area contributed by atoms with Gasteiger partial charge < -0.3 is 5.32 Å². The fourth-order valence-corrected chi connectivity index (χ4v) is 2.96. The third kappa shape index (κ3) is 2.47. The van der Waals surface area contributed by atoms with Crippen molar-refractivity contribution in [3.05, 3.63) is 29.0 Å². The van der Waals surface area contributed by atoms with Gasteiger partial charge in [0.15, 0.2) is 0 Å². The number of hydrogen-bond acceptors (Lipinski definition) is 3. The first-order chi connectivity index (χ1) is 9.54. The average Bonchev–Trinajstić information content (AvgIpc) is 2.65. The molecule has 0 unspecified atom stereocenters. The Morgan fingerprint density at radius 3 is 2.52 bits per heavy atom. The molecule has 1 spiro atoms. The zero-order valence-electron chi connectivity index (χ0n) is 11.0. The first-order valence-corrected chi connectivity index (χ1v) is 6.74. The van der Waals surface area contributed by atoms with E-state index >= 15 is 0 Å². The van der Waals surface area contributed by atoms with Crippen LogP contribution in [0.25, 0.3) is 0 Å². The minimum atomic E-state index is -0.928. The number of halogens is 3. The van der Waals surface area contributed by atoms with Crippen molar-refractivity contribution in [1.29, 1.82) is 0 Å². The number of piperidine rings is 1. The molecule has 1 aromatic carbocycles. The third-order valence-electron chi connectivity index (χ3n) is 3.87. The monoisotopic (exact) mass is 333 g/mol. The molecule has 2 saturated heterocycles. The Morgan fingerprint density at radius 2 is 1.90 bits per heavy atom. The van der Waals surface area contributed by atoms with Crippen LogP contribution in [0.2, 0.25) is 5.02 Å². The summed E-state index contributed by atoms with van der Waals surface area (Å²) in [6, 6.07) is 3.60. The molecule has 0 radical (unpaired) electrons. The van der Waals surface area contributed by atoms with E-state index in [1.807, 2.05) is 0 Å². The van der Waals surface area contributed by atoms with Crippen LogP contribution in [0.5, 0.6) is 0 Å². The summed E-state index contributed by atoms with van der Waals surface area (Å²) in [5.74, 6) is -0.931. The van der Waals surface area contributed by atoms with Crippen molar-refractivity contribution >= 4 is 41.6 Å². The summed E-state index contributed by atoms with van der Waals surface area (Å²) in [6.07, 6.45) is 0.990. The lowest BCUT2D eigenvalue weighted by atomic mass is 9.86. The highest BCUT2D eigenvalue weighted by Crippen LogP contribution is 2.36. The highest BCUT2D eigenvalue weighted by Gasteiger charge is 2.53. The normalized spacial score (nSPS) is 20.4. The summed E-state index contributed by atoms with van der Waals surface area (Å²) in [7, 11) is 0. The molecule has 2 fully saturated rings. The fourth-order valence-electron chi connectivity index (χ4n) is 2.84. The number of carbonyl (C=O) groups excluding carboxylic acids is 2. The number of rotatable bonds is 1. The largest absolute Gasteiger partial charge is 0.329 e. The summed E-state index contributed by atoms with van der Waals surface area (Å²) >= 11 is 5.66. The quantitative estimate of drug-likeness (QED) is 0.773. The number of urea groups is 1. The minimum Gasteiger partial charge on any atom is -0.317 e. The van der Waals surface area contributed by atoms with Gasteiger partial charge in [0.2, 0.25) is 0 Å². The molecule has 0 atom stereocenters. The number of hydrogen-bond donors (Lipinski definition) is 2. The van der Waals surface area contributed by atoms with Crippen molar-refractivity contribution in [3.8, 4) is 0 Å². The molecule has 2 heterocycles. The van der Waals surface area contributed by atoms with Gasteiger partial charge in [0.1, 0.15) is 11.4 Å². The van der Waals surface area contributed by atoms with E-state index in [-0.39, 0.29) is 23.3 Å². The molecule has 8 heteroatoms. The van der Waals surface area contributed by atoms with Crippen LogP contribution in [-0.4, -0.2) is 30.6 Å². The molecule has 0 aromatic heterocycles. The lowest BCUT2D eigenvalue weighted by Gasteiger charge is -2.38. The van der Waals surface area contributed by atoms with Crippen LogP contribution in [0.1, 0.15) is 12.8 Å². The average molecular weight is 334 g/mol. The summed E-state index contributed by atoms with van der Waals surface area (Å²) in [5.41, 5.74) is -0.583. The summed E-state index contributed by atoms with van der Waals surface area (Å²) < 4.78 is 13.6. The SMILES string of the molecule is Cl.O=C1NC(=O)C2(CCNCC2)N1c1ccc(Cl)c(F)c1. The Bertz CT molecular complexity index is 591. The second-order valence-corrected chi connectivity index (χ2v) is 5.38. The molecule has 2 aliphatic rings. The van der Waals surface area contributed by atoms with E-state index in [0.29, 0.717) is 31.6 Å². The maximum Gasteiger partial charge on any atom is 0.329 e. The van der Waals surface area contributed by atoms with Gasteiger partial charge in [0.25, 0.3) is 5.91 Å². The summed E-state index contributed by atoms with van der Waals surface area (Å²) in [6.45, 7) is 1.26. The van der Waals surface area contributed by atoms with Crippen molar-refractivity contribution in [2.24, 2.45) is 0 Å². The van der Waals surface area contributed by atoms with Gasteiger partial charge in [0, 0.05) is 5.69 Å². The van der Waals surface area contributed by atoms with Gasteiger partial charge in [-0.1, -0.05) is 11.6 Å². The number of anilines is 1. The van der Waals surface area contributed by atoms with Gasteiger partial charge >= 0.3 is 6.03 Å². The highest BCUT2D eigenvalue weighted by molar-refractivity contribution is 6.30. The fraction of sp³-hybridized carbons (Fsp3) is 0.385. The predicted octanol–water partition coefficient (Wildman–Crippen LogP) is 2.08. The zero-order valence-corrected chi connectivity index (χ0v) is 12.6. The minimum absolute atomic E-state index is 0. The topological polar surface area (TPSA) is 61.4 Å². The van der Waals surface area contributed by atoms with Crippen LogP contribution in [0.4, 0.5) is 14.9 Å². The lowest BCUT2D eigenvalue weighted by molar-refractivity contribution is -0.124. The number of imide groups is 1. The molecule has 2 aliphatic heterocycles. The van der Waals surface area contributed by atoms with E-state index in [2.05, 4.69) is 10.6 Å². The van der Waals surface area contributed by atoms with Crippen LogP contribution in [0.15, 0.2) is 18.2 Å². The molecule has 0 aliphatic carbocycles. The Hall–Kier alpha value is -1.37. The van der Waals surface area contributed by atoms with Crippen molar-refractivity contribution < 1.29 is 14.0 Å². The van der Waals surface area contributed by atoms with Crippen LogP contribution in [0, 0.1) is 5.82 Å². The number of nitrogens with zero attached hydrogens (tertiary/aromatic N) is 1. The molecule has 5 nitrogen and oxygen atoms in total. The Labute approximate surface area is 132 Å². The first-order valence-electron chi connectivity index (χ1n) is 6.36. The van der Waals surface area contributed by atoms with Gasteiger partial charge in [-0.2, -0.15) is 0 Å². The standard InChI is InChI=1S/C13H13ClFN3O2.ClH/c14-9-2-1-8(7-10(9)15)18-12(20)17-11(19)13(18)3-5-16-6-4-13;/h1-2,7,16H,3-6H2,(H,17,19,20);1H. The second kappa shape index (κ2) is 5.79. The first kappa shape index (κ1) is 16.0. The van der Waals surface area contributed by atoms with E-state index in [4.69, 9.17) is 11.6 Å². The molecule has 3 rings (SSSR count). The van der Waals surface area contributed by atoms with E-state index < -0.39 is 17.4 Å². The van der Waals surface area contributed by atoms with Crippen molar-refractivity contribution in [3.63, 3.8) is 0 Å². The van der Waals surface area contributed by atoms with Crippen LogP contribution in [0.3, 0.4) is 0 Å². The van der Waals surface area contributed by atoms with E-state index in [0.717, 1.165) is 0 Å². The van der Waals surface area contributed by atoms with Gasteiger partial charge in [0.05, 0.1) is 5.02 Å². The number of benzene rings is 1. The van der Waals surface area contributed by atoms with Gasteiger partial charge in [-0.15, -0.1) is 12.4 Å². The summed E-state index contributed by atoms with van der Waals surface area (Å²) in [4.78, 5) is 25.6. The number of carbonyl (C=O) groups is 2. The highest BCUT2D eigenvalue weighted by atomic mass is 35.5. The molecule has 21 heavy (non-hydrogen) atoms. The van der Waals surface area contributed by atoms with E-state index in [9.17, 15) is 14.0 Å². The molecule has 2 N–H and O–H groups in total. The third-order valence-corrected chi connectivity index (χ3v) is 4.17. The predicted molar refractivity (Wildman–Crippen MR) is 79.5 cm³/mol. The van der Waals surface area contributed by atoms with Gasteiger partial charge in [-0.25, -0.2) is 9.18 Å². The van der Waals surface area contributed by atoms with Gasteiger partial charge in [-0.3, -0.25) is 15.0 Å². The van der Waals surface area contributed by atoms with Crippen LogP contribution >= 0.6 is 24.0 Å². The van der Waals surface area contributed by atoms with Crippen molar-refractivity contribution in [2.45, 2.75) is 18.4 Å². The van der Waals surface area contributed by atoms with Crippen molar-refractivity contribution in [2.75, 3.05) is 18.0 Å². The van der Waals surface area contributed by atoms with E-state index in [1.165, 1.54) is 17.0 Å². The summed E-state index contributed by atoms with van der Waals surface area (Å²) in [5, 5.41) is 5.46. The van der Waals surface area contributed by atoms with Crippen LogP contribution < -0.4 is 15.5 Å². The number of amides is 3. The zero-order chi connectivity index (χ0) is 14.3. The Morgan fingerprint density at radius 1 is 1.24 bits per heavy atom. The van der Waals surface area contributed by atoms with Crippen molar-refractivity contribution in [1.82, 2.24) is 10.6 Å². The van der Waals surface area contributed by atoms with Gasteiger partial charge in [-0.05, 0) is 44.1 Å². The Kier molecular flexibility index (Phi) is 4.41. The maximum atomic E-state index is 13.6. The molecule has 3 amide bonds. The molecule has 1 aromatic rings. The number of nitrogens with one attached hydrogen (secondary N) is 2. The maximum absolute atomic E-state index is 13.6. The molecule has 0 saturated carbocycles. The van der Waals surface area contributed by atoms with Crippen LogP contribution in [-0.2, 0) is 4.79 Å².